The van der Waals surface area contributed by atoms with E-state index in [-0.39, 0.29) is 5.41 Å². The second kappa shape index (κ2) is 4.31. The fraction of sp³-hybridized carbons (Fsp3) is 0.571. The Hall–Kier alpha value is -1.06. The molecule has 0 aromatic heterocycles. The zero-order chi connectivity index (χ0) is 11.7. The van der Waals surface area contributed by atoms with E-state index in [9.17, 15) is 0 Å². The molecule has 3 nitrogen and oxygen atoms in total. The lowest BCUT2D eigenvalue weighted by Crippen LogP contribution is -2.47. The summed E-state index contributed by atoms with van der Waals surface area (Å²) in [5.41, 5.74) is 8.59. The summed E-state index contributed by atoms with van der Waals surface area (Å²) < 4.78 is 11.0. The Kier molecular flexibility index (Phi) is 2.81. The molecule has 0 aliphatic carbocycles. The van der Waals surface area contributed by atoms with Crippen molar-refractivity contribution in [2.75, 3.05) is 26.4 Å². The molecule has 0 radical (unpaired) electrons. The van der Waals surface area contributed by atoms with Crippen molar-refractivity contribution in [1.29, 1.82) is 0 Å². The van der Waals surface area contributed by atoms with Crippen LogP contribution in [0.25, 0.3) is 0 Å². The van der Waals surface area contributed by atoms with Gasteiger partial charge >= 0.3 is 0 Å². The maximum Gasteiger partial charge on any atom is 0.122 e. The van der Waals surface area contributed by atoms with E-state index in [1.807, 2.05) is 0 Å². The minimum absolute atomic E-state index is 0.219. The highest BCUT2D eigenvalue weighted by Crippen LogP contribution is 2.39. The largest absolute Gasteiger partial charge is 0.493 e. The average molecular weight is 233 g/mol. The van der Waals surface area contributed by atoms with Gasteiger partial charge in [0.1, 0.15) is 5.75 Å². The summed E-state index contributed by atoms with van der Waals surface area (Å²) in [6.07, 6.45) is 3.23. The average Bonchev–Trinajstić information content (AvgIpc) is 2.75. The molecule has 2 N–H and O–H groups in total. The second-order valence-corrected chi connectivity index (χ2v) is 5.09. The molecule has 2 heterocycles. The lowest BCUT2D eigenvalue weighted by Gasteiger charge is -2.42. The summed E-state index contributed by atoms with van der Waals surface area (Å²) >= 11 is 0. The van der Waals surface area contributed by atoms with Gasteiger partial charge in [0.25, 0.3) is 0 Å². The minimum atomic E-state index is 0.219. The van der Waals surface area contributed by atoms with Gasteiger partial charge in [0.15, 0.2) is 0 Å². The minimum Gasteiger partial charge on any atom is -0.493 e. The fourth-order valence-corrected chi connectivity index (χ4v) is 2.76. The lowest BCUT2D eigenvalue weighted by atomic mass is 9.74. The first-order chi connectivity index (χ1) is 8.34. The van der Waals surface area contributed by atoms with Crippen LogP contribution in [0.5, 0.6) is 5.75 Å². The van der Waals surface area contributed by atoms with E-state index in [1.165, 1.54) is 11.1 Å². The Labute approximate surface area is 102 Å². The van der Waals surface area contributed by atoms with Crippen LogP contribution in [0.1, 0.15) is 24.0 Å². The molecule has 2 aliphatic rings. The third kappa shape index (κ3) is 1.83. The van der Waals surface area contributed by atoms with Crippen molar-refractivity contribution in [3.63, 3.8) is 0 Å². The molecule has 2 aliphatic heterocycles. The molecular formula is C14H19NO2. The van der Waals surface area contributed by atoms with Crippen LogP contribution in [0.3, 0.4) is 0 Å². The van der Waals surface area contributed by atoms with Gasteiger partial charge in [-0.2, -0.15) is 0 Å². The Morgan fingerprint density at radius 1 is 1.29 bits per heavy atom. The molecule has 3 heteroatoms. The number of ether oxygens (including phenoxy) is 2. The van der Waals surface area contributed by atoms with Crippen LogP contribution in [0.2, 0.25) is 0 Å². The van der Waals surface area contributed by atoms with Crippen molar-refractivity contribution in [1.82, 2.24) is 0 Å². The van der Waals surface area contributed by atoms with Gasteiger partial charge in [-0.05, 0) is 36.6 Å². The fourth-order valence-electron chi connectivity index (χ4n) is 2.76. The predicted molar refractivity (Wildman–Crippen MR) is 66.4 cm³/mol. The number of fused-ring (bicyclic) bond motifs is 1. The van der Waals surface area contributed by atoms with Crippen LogP contribution in [0.4, 0.5) is 0 Å². The summed E-state index contributed by atoms with van der Waals surface area (Å²) in [7, 11) is 0. The maximum absolute atomic E-state index is 5.62. The van der Waals surface area contributed by atoms with E-state index in [0.717, 1.165) is 51.4 Å². The zero-order valence-corrected chi connectivity index (χ0v) is 10.1. The van der Waals surface area contributed by atoms with E-state index in [2.05, 4.69) is 18.2 Å². The Bertz CT molecular complexity index is 413. The van der Waals surface area contributed by atoms with Crippen molar-refractivity contribution in [3.8, 4) is 5.75 Å². The van der Waals surface area contributed by atoms with E-state index < -0.39 is 0 Å². The predicted octanol–water partition coefficient (Wildman–Crippen LogP) is 1.63. The van der Waals surface area contributed by atoms with Crippen LogP contribution in [-0.4, -0.2) is 26.4 Å². The van der Waals surface area contributed by atoms with E-state index >= 15 is 0 Å². The highest BCUT2D eigenvalue weighted by atomic mass is 16.5. The quantitative estimate of drug-likeness (QED) is 0.859. The molecule has 0 amide bonds. The van der Waals surface area contributed by atoms with Gasteiger partial charge in [0, 0.05) is 11.8 Å². The van der Waals surface area contributed by atoms with Crippen molar-refractivity contribution in [3.05, 3.63) is 29.3 Å². The van der Waals surface area contributed by atoms with Crippen molar-refractivity contribution in [2.24, 2.45) is 5.73 Å². The highest BCUT2D eigenvalue weighted by Gasteiger charge is 2.40. The molecule has 3 rings (SSSR count). The number of nitrogens with two attached hydrogens (primary N) is 1. The summed E-state index contributed by atoms with van der Waals surface area (Å²) in [4.78, 5) is 0. The normalized spacial score (nSPS) is 20.5. The van der Waals surface area contributed by atoms with Crippen LogP contribution in [0.15, 0.2) is 18.2 Å². The van der Waals surface area contributed by atoms with Gasteiger partial charge in [-0.3, -0.25) is 0 Å². The molecule has 1 fully saturated rings. The van der Waals surface area contributed by atoms with E-state index in [4.69, 9.17) is 15.2 Å². The lowest BCUT2D eigenvalue weighted by molar-refractivity contribution is -0.0649. The monoisotopic (exact) mass is 233 g/mol. The van der Waals surface area contributed by atoms with Gasteiger partial charge in [0.2, 0.25) is 0 Å². The van der Waals surface area contributed by atoms with Gasteiger partial charge in [0.05, 0.1) is 19.8 Å². The molecule has 1 aromatic rings. The molecule has 0 unspecified atom stereocenters. The third-order valence-electron chi connectivity index (χ3n) is 3.92. The molecule has 0 bridgehead atoms. The van der Waals surface area contributed by atoms with E-state index in [1.54, 1.807) is 0 Å². The van der Waals surface area contributed by atoms with Gasteiger partial charge in [-0.1, -0.05) is 12.1 Å². The summed E-state index contributed by atoms with van der Waals surface area (Å²) in [6, 6.07) is 6.62. The van der Waals surface area contributed by atoms with Crippen molar-refractivity contribution < 1.29 is 9.47 Å². The number of rotatable bonds is 4. The molecule has 0 saturated carbocycles. The first kappa shape index (κ1) is 11.1. The standard InChI is InChI=1S/C14H19NO2/c15-6-1-5-14(9-16-10-14)12-2-3-13-11(8-12)4-7-17-13/h2-3,8H,1,4-7,9-10,15H2. The summed E-state index contributed by atoms with van der Waals surface area (Å²) in [5, 5.41) is 0. The van der Waals surface area contributed by atoms with Gasteiger partial charge < -0.3 is 15.2 Å². The zero-order valence-electron chi connectivity index (χ0n) is 10.1. The Balaban J connectivity index is 1.86. The van der Waals surface area contributed by atoms with Crippen LogP contribution in [0, 0.1) is 0 Å². The third-order valence-corrected chi connectivity index (χ3v) is 3.92. The SMILES string of the molecule is NCCCC1(c2ccc3c(c2)CCO3)COC1. The highest BCUT2D eigenvalue weighted by molar-refractivity contribution is 5.43. The molecular weight excluding hydrogens is 214 g/mol. The smallest absolute Gasteiger partial charge is 0.122 e. The van der Waals surface area contributed by atoms with Gasteiger partial charge in [-0.25, -0.2) is 0 Å². The van der Waals surface area contributed by atoms with Crippen molar-refractivity contribution in [2.45, 2.75) is 24.7 Å². The summed E-state index contributed by atoms with van der Waals surface area (Å²) in [5.74, 6) is 1.06. The second-order valence-electron chi connectivity index (χ2n) is 5.09. The van der Waals surface area contributed by atoms with Crippen LogP contribution >= 0.6 is 0 Å². The number of hydrogen-bond donors (Lipinski definition) is 1. The molecule has 0 atom stereocenters. The van der Waals surface area contributed by atoms with Crippen LogP contribution in [-0.2, 0) is 16.6 Å². The molecule has 1 saturated heterocycles. The number of benzene rings is 1. The van der Waals surface area contributed by atoms with Crippen molar-refractivity contribution >= 4 is 0 Å². The maximum atomic E-state index is 5.62. The first-order valence-electron chi connectivity index (χ1n) is 6.38. The van der Waals surface area contributed by atoms with Gasteiger partial charge in [-0.15, -0.1) is 0 Å². The van der Waals surface area contributed by atoms with E-state index in [0.29, 0.717) is 0 Å². The Morgan fingerprint density at radius 2 is 2.18 bits per heavy atom. The topological polar surface area (TPSA) is 44.5 Å². The van der Waals surface area contributed by atoms with Crippen LogP contribution < -0.4 is 10.5 Å². The Morgan fingerprint density at radius 3 is 2.88 bits per heavy atom. The molecule has 1 aromatic carbocycles. The molecule has 92 valence electrons. The number of hydrogen-bond acceptors (Lipinski definition) is 3. The molecule has 0 spiro atoms. The first-order valence-corrected chi connectivity index (χ1v) is 6.38. The molecule has 17 heavy (non-hydrogen) atoms. The summed E-state index contributed by atoms with van der Waals surface area (Å²) in [6.45, 7) is 3.26.